The Hall–Kier alpha value is -3.36. The molecule has 1 aromatic carbocycles. The van der Waals surface area contributed by atoms with Gasteiger partial charge in [-0.05, 0) is 30.5 Å². The van der Waals surface area contributed by atoms with Gasteiger partial charge in [0.1, 0.15) is 23.6 Å². The number of nitrogens with zero attached hydrogens (tertiary/aromatic N) is 6. The molecule has 0 saturated carbocycles. The number of alkyl halides is 2. The molecule has 160 valence electrons. The van der Waals surface area contributed by atoms with Gasteiger partial charge in [-0.1, -0.05) is 19.1 Å². The van der Waals surface area contributed by atoms with Crippen LogP contribution in [0.15, 0.2) is 42.9 Å². The van der Waals surface area contributed by atoms with Crippen molar-refractivity contribution in [1.82, 2.24) is 24.6 Å². The van der Waals surface area contributed by atoms with Gasteiger partial charge < -0.3 is 9.64 Å². The highest BCUT2D eigenvalue weighted by Crippen LogP contribution is 2.38. The molecule has 31 heavy (non-hydrogen) atoms. The van der Waals surface area contributed by atoms with Gasteiger partial charge in [-0.25, -0.2) is 23.3 Å². The van der Waals surface area contributed by atoms with Gasteiger partial charge in [0.2, 0.25) is 0 Å². The highest BCUT2D eigenvalue weighted by atomic mass is 19.3. The molecule has 9 heteroatoms. The number of pyridine rings is 1. The third-order valence-corrected chi connectivity index (χ3v) is 6.13. The highest BCUT2D eigenvalue weighted by molar-refractivity contribution is 5.96. The zero-order valence-corrected chi connectivity index (χ0v) is 17.2. The predicted octanol–water partition coefficient (Wildman–Crippen LogP) is 4.25. The number of fused-ring (bicyclic) bond motifs is 2. The van der Waals surface area contributed by atoms with Crippen LogP contribution >= 0.6 is 0 Å². The number of rotatable bonds is 4. The molecule has 5 rings (SSSR count). The Balaban J connectivity index is 1.58. The molecular weight excluding hydrogens is 402 g/mol. The molecule has 1 aliphatic heterocycles. The van der Waals surface area contributed by atoms with Gasteiger partial charge in [0.25, 0.3) is 12.2 Å². The van der Waals surface area contributed by atoms with E-state index >= 15 is 0 Å². The van der Waals surface area contributed by atoms with Crippen LogP contribution in [-0.4, -0.2) is 44.8 Å². The number of hydrogen-bond acceptors (Lipinski definition) is 6. The Morgan fingerprint density at radius 1 is 1.16 bits per heavy atom. The van der Waals surface area contributed by atoms with E-state index in [4.69, 9.17) is 4.74 Å². The summed E-state index contributed by atoms with van der Waals surface area (Å²) in [5.41, 5.74) is 0.431. The van der Waals surface area contributed by atoms with E-state index in [1.807, 2.05) is 24.3 Å². The van der Waals surface area contributed by atoms with Crippen molar-refractivity contribution in [3.8, 4) is 5.75 Å². The lowest BCUT2D eigenvalue weighted by molar-refractivity contribution is 0.146. The number of piperidine rings is 1. The average Bonchev–Trinajstić information content (AvgIpc) is 3.27. The first-order valence-corrected chi connectivity index (χ1v) is 10.2. The molecule has 1 aliphatic rings. The Morgan fingerprint density at radius 3 is 2.84 bits per heavy atom. The maximum absolute atomic E-state index is 13.5. The van der Waals surface area contributed by atoms with Gasteiger partial charge in [0, 0.05) is 36.0 Å². The Labute approximate surface area is 177 Å². The molecule has 1 saturated heterocycles. The van der Waals surface area contributed by atoms with E-state index in [9.17, 15) is 8.78 Å². The largest absolute Gasteiger partial charge is 0.496 e. The third kappa shape index (κ3) is 3.34. The summed E-state index contributed by atoms with van der Waals surface area (Å²) in [6.45, 7) is 3.60. The second kappa shape index (κ2) is 7.72. The van der Waals surface area contributed by atoms with Crippen molar-refractivity contribution in [1.29, 1.82) is 0 Å². The molecule has 1 unspecified atom stereocenters. The molecule has 0 aliphatic carbocycles. The molecular formula is C22H22F2N6O. The molecule has 4 heterocycles. The van der Waals surface area contributed by atoms with Gasteiger partial charge in [0.05, 0.1) is 12.8 Å². The van der Waals surface area contributed by atoms with Crippen LogP contribution in [0.3, 0.4) is 0 Å². The Morgan fingerprint density at radius 2 is 2.03 bits per heavy atom. The Kier molecular flexibility index (Phi) is 4.88. The van der Waals surface area contributed by atoms with E-state index in [1.54, 1.807) is 17.8 Å². The predicted molar refractivity (Wildman–Crippen MR) is 113 cm³/mol. The fraction of sp³-hybridized carbons (Fsp3) is 0.364. The summed E-state index contributed by atoms with van der Waals surface area (Å²) in [6, 6.07) is 9.32. The van der Waals surface area contributed by atoms with Gasteiger partial charge >= 0.3 is 0 Å². The smallest absolute Gasteiger partial charge is 0.280 e. The maximum atomic E-state index is 13.5. The summed E-state index contributed by atoms with van der Waals surface area (Å²) in [5, 5.41) is 6.24. The Bertz CT molecular complexity index is 1240. The molecule has 0 radical (unpaired) electrons. The number of halogens is 2. The minimum absolute atomic E-state index is 0.0267. The average molecular weight is 424 g/mol. The summed E-state index contributed by atoms with van der Waals surface area (Å²) in [7, 11) is 1.65. The molecule has 7 nitrogen and oxygen atoms in total. The quantitative estimate of drug-likeness (QED) is 0.488. The first-order valence-electron chi connectivity index (χ1n) is 10.2. The second-order valence-electron chi connectivity index (χ2n) is 7.89. The monoisotopic (exact) mass is 424 g/mol. The molecule has 0 N–H and O–H groups in total. The number of ether oxygens (including phenoxy) is 1. The summed E-state index contributed by atoms with van der Waals surface area (Å²) in [4.78, 5) is 14.9. The fourth-order valence-corrected chi connectivity index (χ4v) is 4.47. The van der Waals surface area contributed by atoms with Crippen LogP contribution in [0.1, 0.15) is 37.1 Å². The minimum Gasteiger partial charge on any atom is -0.496 e. The van der Waals surface area contributed by atoms with Crippen molar-refractivity contribution in [2.75, 3.05) is 25.1 Å². The van der Waals surface area contributed by atoms with Crippen LogP contribution in [0, 0.1) is 5.92 Å². The number of anilines is 1. The number of hydrogen-bond donors (Lipinski definition) is 0. The lowest BCUT2D eigenvalue weighted by atomic mass is 9.84. The van der Waals surface area contributed by atoms with Crippen LogP contribution in [0.25, 0.3) is 16.6 Å². The molecule has 2 atom stereocenters. The third-order valence-electron chi connectivity index (χ3n) is 6.13. The van der Waals surface area contributed by atoms with E-state index in [2.05, 4.69) is 31.9 Å². The summed E-state index contributed by atoms with van der Waals surface area (Å²) in [6.07, 6.45) is 1.37. The molecule has 0 bridgehead atoms. The van der Waals surface area contributed by atoms with E-state index in [1.165, 1.54) is 12.4 Å². The summed E-state index contributed by atoms with van der Waals surface area (Å²) >= 11 is 0. The number of aromatic nitrogens is 5. The minimum atomic E-state index is -2.66. The second-order valence-corrected chi connectivity index (χ2v) is 7.89. The van der Waals surface area contributed by atoms with E-state index in [0.717, 1.165) is 35.3 Å². The van der Waals surface area contributed by atoms with Crippen LogP contribution in [0.2, 0.25) is 0 Å². The summed E-state index contributed by atoms with van der Waals surface area (Å²) in [5.74, 6) is 2.11. The first kappa shape index (κ1) is 19.6. The van der Waals surface area contributed by atoms with Crippen LogP contribution in [0.5, 0.6) is 5.75 Å². The number of benzene rings is 1. The summed E-state index contributed by atoms with van der Waals surface area (Å²) < 4.78 is 34.1. The van der Waals surface area contributed by atoms with Crippen molar-refractivity contribution in [3.05, 3.63) is 54.2 Å². The fourth-order valence-electron chi connectivity index (χ4n) is 4.47. The van der Waals surface area contributed by atoms with Gasteiger partial charge in [0.15, 0.2) is 0 Å². The first-order chi connectivity index (χ1) is 15.1. The zero-order valence-electron chi connectivity index (χ0n) is 17.2. The SMILES string of the molecule is COc1cccc2c(N3CC[C@@H](C)C(c4cc(C(F)F)nc5ncnn45)C3)nccc12. The van der Waals surface area contributed by atoms with Crippen LogP contribution < -0.4 is 9.64 Å². The van der Waals surface area contributed by atoms with Crippen molar-refractivity contribution in [2.45, 2.75) is 25.7 Å². The maximum Gasteiger partial charge on any atom is 0.280 e. The van der Waals surface area contributed by atoms with Crippen LogP contribution in [-0.2, 0) is 0 Å². The van der Waals surface area contributed by atoms with E-state index in [0.29, 0.717) is 12.2 Å². The lowest BCUT2D eigenvalue weighted by Gasteiger charge is -2.38. The van der Waals surface area contributed by atoms with Crippen molar-refractivity contribution in [3.63, 3.8) is 0 Å². The van der Waals surface area contributed by atoms with Gasteiger partial charge in [-0.15, -0.1) is 0 Å². The standard InChI is InChI=1S/C22H22F2N6O/c1-13-7-9-29(21-15-4-3-5-19(31-2)14(15)6-8-25-21)11-16(13)18-10-17(20(23)24)28-22-26-12-27-30(18)22/h3-6,8,10,12-13,16,20H,7,9,11H2,1-2H3/t13-,16?/m1/s1. The van der Waals surface area contributed by atoms with E-state index in [-0.39, 0.29) is 23.3 Å². The molecule has 1 fully saturated rings. The van der Waals surface area contributed by atoms with Crippen molar-refractivity contribution in [2.24, 2.45) is 5.92 Å². The number of methoxy groups -OCH3 is 1. The lowest BCUT2D eigenvalue weighted by Crippen LogP contribution is -2.39. The topological polar surface area (TPSA) is 68.4 Å². The van der Waals surface area contributed by atoms with Gasteiger partial charge in [-0.2, -0.15) is 10.1 Å². The van der Waals surface area contributed by atoms with Gasteiger partial charge in [-0.3, -0.25) is 0 Å². The molecule has 0 spiro atoms. The van der Waals surface area contributed by atoms with Crippen molar-refractivity contribution < 1.29 is 13.5 Å². The van der Waals surface area contributed by atoms with Crippen molar-refractivity contribution >= 4 is 22.4 Å². The highest BCUT2D eigenvalue weighted by Gasteiger charge is 2.32. The molecule has 4 aromatic rings. The molecule has 0 amide bonds. The van der Waals surface area contributed by atoms with E-state index < -0.39 is 6.43 Å². The normalized spacial score (nSPS) is 19.5. The van der Waals surface area contributed by atoms with Crippen LogP contribution in [0.4, 0.5) is 14.6 Å². The molecule has 3 aromatic heterocycles. The zero-order chi connectivity index (χ0) is 21.5.